The van der Waals surface area contributed by atoms with Crippen molar-refractivity contribution in [3.63, 3.8) is 0 Å². The fourth-order valence-electron chi connectivity index (χ4n) is 7.20. The summed E-state index contributed by atoms with van der Waals surface area (Å²) in [5.41, 5.74) is 7.49. The van der Waals surface area contributed by atoms with Gasteiger partial charge in [0.05, 0.1) is 22.8 Å². The molecule has 9 nitrogen and oxygen atoms in total. The molecule has 0 spiro atoms. The Labute approximate surface area is 366 Å². The zero-order valence-electron chi connectivity index (χ0n) is 33.6. The van der Waals surface area contributed by atoms with Gasteiger partial charge < -0.3 is 9.47 Å². The minimum atomic E-state index is -0.975. The van der Waals surface area contributed by atoms with E-state index in [1.165, 1.54) is 0 Å². The summed E-state index contributed by atoms with van der Waals surface area (Å²) in [5.74, 6) is 1.31. The number of carbonyl (C=O) groups is 1. The van der Waals surface area contributed by atoms with E-state index >= 15 is 0 Å². The maximum Gasteiger partial charge on any atom is 0.509 e. The van der Waals surface area contributed by atoms with Crippen LogP contribution in [-0.2, 0) is 22.3 Å². The summed E-state index contributed by atoms with van der Waals surface area (Å²) in [4.78, 5) is 22.8. The van der Waals surface area contributed by atoms with Crippen LogP contribution in [0.4, 0.5) is 4.79 Å². The van der Waals surface area contributed by atoms with Crippen LogP contribution in [0.1, 0.15) is 39.1 Å². The van der Waals surface area contributed by atoms with Gasteiger partial charge in [-0.3, -0.25) is 0 Å². The topological polar surface area (TPSA) is 97.0 Å². The molecule has 0 unspecified atom stereocenters. The predicted octanol–water partition coefficient (Wildman–Crippen LogP) is 12.5. The van der Waals surface area contributed by atoms with Gasteiger partial charge in [-0.15, -0.1) is 0 Å². The third-order valence-corrected chi connectivity index (χ3v) is 11.2. The Balaban J connectivity index is 1.01. The summed E-state index contributed by atoms with van der Waals surface area (Å²) in [7, 11) is 0. The third kappa shape index (κ3) is 9.33. The molecule has 0 aliphatic carbocycles. The Morgan fingerprint density at radius 1 is 0.517 bits per heavy atom. The molecule has 4 aromatic heterocycles. The summed E-state index contributed by atoms with van der Waals surface area (Å²) in [6.07, 6.45) is 3.36. The van der Waals surface area contributed by atoms with Crippen LogP contribution in [0.3, 0.4) is 0 Å². The van der Waals surface area contributed by atoms with Crippen LogP contribution in [0.25, 0.3) is 56.4 Å². The van der Waals surface area contributed by atoms with Crippen molar-refractivity contribution >= 4 is 38.0 Å². The molecule has 4 aromatic carbocycles. The van der Waals surface area contributed by atoms with Crippen molar-refractivity contribution in [1.82, 2.24) is 29.5 Å². The number of hydrogen-bond donors (Lipinski definition) is 0. The van der Waals surface area contributed by atoms with Crippen molar-refractivity contribution in [3.8, 4) is 56.4 Å². The number of hydrogen-bond acceptors (Lipinski definition) is 7. The van der Waals surface area contributed by atoms with E-state index in [0.717, 1.165) is 65.1 Å². The lowest BCUT2D eigenvalue weighted by molar-refractivity contribution is -0.0589. The fourth-order valence-corrected chi connectivity index (χ4v) is 8.41. The van der Waals surface area contributed by atoms with Crippen LogP contribution in [-0.4, -0.2) is 46.9 Å². The van der Waals surface area contributed by atoms with Crippen LogP contribution < -0.4 is 0 Å². The smallest absolute Gasteiger partial charge is 0.428 e. The highest BCUT2D eigenvalue weighted by atomic mass is 79.9. The van der Waals surface area contributed by atoms with E-state index < -0.39 is 17.4 Å². The lowest BCUT2D eigenvalue weighted by Gasteiger charge is -2.29. The van der Waals surface area contributed by atoms with E-state index in [0.29, 0.717) is 24.5 Å². The highest BCUT2D eigenvalue weighted by Gasteiger charge is 2.33. The molecule has 300 valence electrons. The third-order valence-electron chi connectivity index (χ3n) is 9.93. The molecule has 0 saturated carbocycles. The van der Waals surface area contributed by atoms with Gasteiger partial charge in [0, 0.05) is 45.3 Å². The second-order valence-electron chi connectivity index (χ2n) is 15.7. The first-order valence-electron chi connectivity index (χ1n) is 19.5. The normalized spacial score (nSPS) is 11.7. The van der Waals surface area contributed by atoms with Crippen LogP contribution in [0.15, 0.2) is 167 Å². The number of rotatable bonds is 12. The Kier molecular flexibility index (Phi) is 11.6. The quantitative estimate of drug-likeness (QED) is 0.113. The lowest BCUT2D eigenvalue weighted by atomic mass is 10.00. The van der Waals surface area contributed by atoms with Crippen molar-refractivity contribution in [1.29, 1.82) is 0 Å². The average Bonchev–Trinajstić information content (AvgIpc) is 3.85. The number of pyridine rings is 2. The Bertz CT molecular complexity index is 2560. The summed E-state index contributed by atoms with van der Waals surface area (Å²) < 4.78 is 17.7. The Morgan fingerprint density at radius 3 is 1.28 bits per heavy atom. The van der Waals surface area contributed by atoms with Crippen molar-refractivity contribution in [3.05, 3.63) is 178 Å². The van der Waals surface area contributed by atoms with Gasteiger partial charge in [-0.25, -0.2) is 24.1 Å². The van der Waals surface area contributed by atoms with Crippen molar-refractivity contribution < 1.29 is 14.3 Å². The number of nitrogens with zero attached hydrogens (tertiary/aromatic N) is 6. The second-order valence-corrected chi connectivity index (χ2v) is 17.4. The molecule has 0 aliphatic rings. The number of ether oxygens (including phenoxy) is 2. The first kappa shape index (κ1) is 40.6. The molecule has 0 amide bonds. The lowest BCUT2D eigenvalue weighted by Crippen LogP contribution is -2.37. The summed E-state index contributed by atoms with van der Waals surface area (Å²) in [5, 5.41) is 9.98. The largest absolute Gasteiger partial charge is 0.509 e. The van der Waals surface area contributed by atoms with Gasteiger partial charge in [-0.1, -0.05) is 129 Å². The van der Waals surface area contributed by atoms with Gasteiger partial charge in [0.25, 0.3) is 0 Å². The first-order chi connectivity index (χ1) is 28.9. The standard InChI is InChI=1S/C49H42Br2N6O3/c1-48(2,31-37-29-43(54-56(37)45-19-11-13-25-52-45)35-21-23-39(41(50)27-35)33-15-7-5-8-16-33)59-47(58)60-49(3,4)32-38-30-44(55-57(38)46-20-12-14-26-53-46)36-22-24-40(42(51)28-36)34-17-9-6-10-18-34/h5-30H,31-32H2,1-4H3. The summed E-state index contributed by atoms with van der Waals surface area (Å²) in [6, 6.07) is 48.3. The molecule has 0 saturated heterocycles. The average molecular weight is 923 g/mol. The number of halogens is 2. The molecule has 0 aliphatic heterocycles. The maximum absolute atomic E-state index is 13.7. The molecule has 0 atom stereocenters. The fraction of sp³-hybridized carbons (Fsp3) is 0.163. The molecule has 0 bridgehead atoms. The van der Waals surface area contributed by atoms with Crippen LogP contribution in [0, 0.1) is 0 Å². The van der Waals surface area contributed by atoms with Crippen molar-refractivity contribution in [2.75, 3.05) is 0 Å². The van der Waals surface area contributed by atoms with Gasteiger partial charge in [-0.05, 0) is 98.5 Å². The van der Waals surface area contributed by atoms with E-state index in [-0.39, 0.29) is 0 Å². The van der Waals surface area contributed by atoms with Gasteiger partial charge in [0.1, 0.15) is 11.2 Å². The molecule has 11 heteroatoms. The van der Waals surface area contributed by atoms with Gasteiger partial charge in [0.2, 0.25) is 0 Å². The minimum Gasteiger partial charge on any atom is -0.428 e. The highest BCUT2D eigenvalue weighted by Crippen LogP contribution is 2.35. The number of benzene rings is 4. The van der Waals surface area contributed by atoms with E-state index in [4.69, 9.17) is 19.7 Å². The SMILES string of the molecule is CC(C)(Cc1cc(-c2ccc(-c3ccccc3)c(Br)c2)nn1-c1ccccn1)OC(=O)OC(C)(C)Cc1cc(-c2ccc(-c3ccccc3)c(Br)c2)nn1-c1ccccn1. The van der Waals surface area contributed by atoms with E-state index in [2.05, 4.69) is 102 Å². The van der Waals surface area contributed by atoms with Gasteiger partial charge >= 0.3 is 6.16 Å². The predicted molar refractivity (Wildman–Crippen MR) is 243 cm³/mol. The highest BCUT2D eigenvalue weighted by molar-refractivity contribution is 9.11. The van der Waals surface area contributed by atoms with Crippen LogP contribution >= 0.6 is 31.9 Å². The molecular weight excluding hydrogens is 880 g/mol. The van der Waals surface area contributed by atoms with Crippen molar-refractivity contribution in [2.45, 2.75) is 51.7 Å². The Morgan fingerprint density at radius 2 is 0.917 bits per heavy atom. The first-order valence-corrected chi connectivity index (χ1v) is 21.1. The second kappa shape index (κ2) is 17.2. The monoisotopic (exact) mass is 920 g/mol. The maximum atomic E-state index is 13.7. The van der Waals surface area contributed by atoms with Crippen molar-refractivity contribution in [2.24, 2.45) is 0 Å². The van der Waals surface area contributed by atoms with E-state index in [1.54, 1.807) is 21.8 Å². The molecule has 60 heavy (non-hydrogen) atoms. The van der Waals surface area contributed by atoms with Gasteiger partial charge in [-0.2, -0.15) is 10.2 Å². The summed E-state index contributed by atoms with van der Waals surface area (Å²) in [6.45, 7) is 7.47. The zero-order valence-corrected chi connectivity index (χ0v) is 36.8. The minimum absolute atomic E-state index is 0.337. The molecule has 0 radical (unpaired) electrons. The molecule has 4 heterocycles. The molecule has 8 aromatic rings. The van der Waals surface area contributed by atoms with Crippen LogP contribution in [0.5, 0.6) is 0 Å². The molecule has 0 N–H and O–H groups in total. The van der Waals surface area contributed by atoms with Crippen LogP contribution in [0.2, 0.25) is 0 Å². The molecule has 8 rings (SSSR count). The van der Waals surface area contributed by atoms with E-state index in [9.17, 15) is 4.79 Å². The van der Waals surface area contributed by atoms with E-state index in [1.807, 2.05) is 113 Å². The summed E-state index contributed by atoms with van der Waals surface area (Å²) >= 11 is 7.57. The van der Waals surface area contributed by atoms with Gasteiger partial charge in [0.15, 0.2) is 11.6 Å². The number of carbonyl (C=O) groups excluding carboxylic acids is 1. The Hall–Kier alpha value is -6.17. The molecule has 0 fully saturated rings. The molecular formula is C49H42Br2N6O3. The number of aromatic nitrogens is 6. The zero-order chi connectivity index (χ0) is 41.9.